The molecular weight excluding hydrogens is 322 g/mol. The van der Waals surface area contributed by atoms with E-state index < -0.39 is 18.0 Å². The van der Waals surface area contributed by atoms with E-state index in [2.05, 4.69) is 20.9 Å². The highest BCUT2D eigenvalue weighted by atomic mass is 16.2. The van der Waals surface area contributed by atoms with Gasteiger partial charge in [-0.15, -0.1) is 0 Å². The van der Waals surface area contributed by atoms with E-state index in [0.717, 1.165) is 17.1 Å². The first-order valence-electron chi connectivity index (χ1n) is 8.01. The SMILES string of the molecule is Cc1nccn1-c1ccccc1CNC(=O)CCC1NC(=O)NC1=O. The topological polar surface area (TPSA) is 105 Å². The summed E-state index contributed by atoms with van der Waals surface area (Å²) in [6.45, 7) is 2.28. The molecule has 1 aliphatic heterocycles. The molecule has 8 nitrogen and oxygen atoms in total. The zero-order valence-corrected chi connectivity index (χ0v) is 13.8. The summed E-state index contributed by atoms with van der Waals surface area (Å²) in [7, 11) is 0. The normalized spacial score (nSPS) is 16.4. The summed E-state index contributed by atoms with van der Waals surface area (Å²) >= 11 is 0. The molecule has 0 saturated carbocycles. The minimum Gasteiger partial charge on any atom is -0.352 e. The number of benzene rings is 1. The zero-order chi connectivity index (χ0) is 17.8. The van der Waals surface area contributed by atoms with Crippen molar-refractivity contribution in [3.05, 3.63) is 48.0 Å². The van der Waals surface area contributed by atoms with Crippen LogP contribution in [0, 0.1) is 6.92 Å². The van der Waals surface area contributed by atoms with Crippen LogP contribution in [-0.2, 0) is 16.1 Å². The van der Waals surface area contributed by atoms with E-state index in [0.29, 0.717) is 6.54 Å². The molecule has 3 rings (SSSR count). The number of rotatable bonds is 6. The fraction of sp³-hybridized carbons (Fsp3) is 0.294. The standard InChI is InChI=1S/C17H19N5O3/c1-11-18-8-9-22(11)14-5-3-2-4-12(14)10-19-15(23)7-6-13-16(24)21-17(25)20-13/h2-5,8-9,13H,6-7,10H2,1H3,(H,19,23)(H2,20,21,24,25). The Bertz CT molecular complexity index is 814. The van der Waals surface area contributed by atoms with Crippen LogP contribution in [0.15, 0.2) is 36.7 Å². The number of carbonyl (C=O) groups is 3. The van der Waals surface area contributed by atoms with Gasteiger partial charge in [0.25, 0.3) is 5.91 Å². The van der Waals surface area contributed by atoms with E-state index in [1.165, 1.54) is 0 Å². The highest BCUT2D eigenvalue weighted by Gasteiger charge is 2.29. The molecule has 4 amide bonds. The molecule has 1 aliphatic rings. The van der Waals surface area contributed by atoms with Gasteiger partial charge in [0.2, 0.25) is 5.91 Å². The van der Waals surface area contributed by atoms with Crippen molar-refractivity contribution < 1.29 is 14.4 Å². The van der Waals surface area contributed by atoms with Crippen molar-refractivity contribution in [1.29, 1.82) is 0 Å². The lowest BCUT2D eigenvalue weighted by molar-refractivity contribution is -0.122. The number of hydrogen-bond acceptors (Lipinski definition) is 4. The van der Waals surface area contributed by atoms with E-state index in [1.54, 1.807) is 6.20 Å². The summed E-state index contributed by atoms with van der Waals surface area (Å²) in [6, 6.07) is 6.60. The number of urea groups is 1. The molecule has 0 spiro atoms. The Morgan fingerprint density at radius 1 is 1.32 bits per heavy atom. The third-order valence-corrected chi connectivity index (χ3v) is 4.07. The second-order valence-electron chi connectivity index (χ2n) is 5.80. The summed E-state index contributed by atoms with van der Waals surface area (Å²) in [6.07, 6.45) is 4.03. The Morgan fingerprint density at radius 3 is 2.80 bits per heavy atom. The van der Waals surface area contributed by atoms with Crippen molar-refractivity contribution in [2.75, 3.05) is 0 Å². The molecular formula is C17H19N5O3. The van der Waals surface area contributed by atoms with E-state index in [-0.39, 0.29) is 18.7 Å². The number of para-hydroxylation sites is 1. The second-order valence-corrected chi connectivity index (χ2v) is 5.80. The van der Waals surface area contributed by atoms with Crippen molar-refractivity contribution in [2.45, 2.75) is 32.4 Å². The van der Waals surface area contributed by atoms with Crippen molar-refractivity contribution in [3.8, 4) is 5.69 Å². The van der Waals surface area contributed by atoms with Crippen LogP contribution in [0.4, 0.5) is 4.79 Å². The fourth-order valence-corrected chi connectivity index (χ4v) is 2.75. The number of amides is 4. The number of carbonyl (C=O) groups excluding carboxylic acids is 3. The summed E-state index contributed by atoms with van der Waals surface area (Å²) < 4.78 is 1.96. The van der Waals surface area contributed by atoms with Gasteiger partial charge in [-0.2, -0.15) is 0 Å². The largest absolute Gasteiger partial charge is 0.352 e. The van der Waals surface area contributed by atoms with E-state index in [4.69, 9.17) is 0 Å². The van der Waals surface area contributed by atoms with Crippen LogP contribution in [0.1, 0.15) is 24.2 Å². The maximum atomic E-state index is 12.1. The smallest absolute Gasteiger partial charge is 0.322 e. The Morgan fingerprint density at radius 2 is 2.12 bits per heavy atom. The van der Waals surface area contributed by atoms with Gasteiger partial charge >= 0.3 is 6.03 Å². The monoisotopic (exact) mass is 341 g/mol. The number of aromatic nitrogens is 2. The predicted molar refractivity (Wildman–Crippen MR) is 89.8 cm³/mol. The zero-order valence-electron chi connectivity index (χ0n) is 13.8. The highest BCUT2D eigenvalue weighted by molar-refractivity contribution is 6.04. The number of nitrogens with zero attached hydrogens (tertiary/aromatic N) is 2. The molecule has 0 radical (unpaired) electrons. The number of imidazole rings is 1. The maximum absolute atomic E-state index is 12.1. The molecule has 1 unspecified atom stereocenters. The first kappa shape index (κ1) is 16.7. The lowest BCUT2D eigenvalue weighted by Crippen LogP contribution is -2.31. The number of imide groups is 1. The Balaban J connectivity index is 1.57. The Labute approximate surface area is 144 Å². The molecule has 2 aromatic rings. The van der Waals surface area contributed by atoms with E-state index in [9.17, 15) is 14.4 Å². The first-order chi connectivity index (χ1) is 12.0. The molecule has 1 aromatic heterocycles. The molecule has 3 N–H and O–H groups in total. The summed E-state index contributed by atoms with van der Waals surface area (Å²) in [5.74, 6) is 0.298. The van der Waals surface area contributed by atoms with Crippen LogP contribution in [0.3, 0.4) is 0 Å². The number of aryl methyl sites for hydroxylation is 1. The molecule has 1 fully saturated rings. The average Bonchev–Trinajstić information content (AvgIpc) is 3.16. The van der Waals surface area contributed by atoms with Gasteiger partial charge in [0.15, 0.2) is 0 Å². The van der Waals surface area contributed by atoms with Gasteiger partial charge in [-0.3, -0.25) is 14.9 Å². The Hall–Kier alpha value is -3.16. The van der Waals surface area contributed by atoms with Crippen molar-refractivity contribution in [3.63, 3.8) is 0 Å². The van der Waals surface area contributed by atoms with Crippen LogP contribution < -0.4 is 16.0 Å². The summed E-state index contributed by atoms with van der Waals surface area (Å²) in [4.78, 5) is 38.8. The molecule has 130 valence electrons. The molecule has 0 bridgehead atoms. The summed E-state index contributed by atoms with van der Waals surface area (Å²) in [5.41, 5.74) is 1.92. The van der Waals surface area contributed by atoms with E-state index in [1.807, 2.05) is 42.0 Å². The Kier molecular flexibility index (Phi) is 4.78. The van der Waals surface area contributed by atoms with Gasteiger partial charge in [0.1, 0.15) is 11.9 Å². The molecule has 1 atom stereocenters. The molecule has 2 heterocycles. The lowest BCUT2D eigenvalue weighted by Gasteiger charge is -2.13. The van der Waals surface area contributed by atoms with Crippen LogP contribution in [0.25, 0.3) is 5.69 Å². The highest BCUT2D eigenvalue weighted by Crippen LogP contribution is 2.16. The fourth-order valence-electron chi connectivity index (χ4n) is 2.75. The predicted octanol–water partition coefficient (Wildman–Crippen LogP) is 0.785. The van der Waals surface area contributed by atoms with Crippen LogP contribution in [0.2, 0.25) is 0 Å². The van der Waals surface area contributed by atoms with Crippen LogP contribution in [-0.4, -0.2) is 33.4 Å². The van der Waals surface area contributed by atoms with Crippen molar-refractivity contribution >= 4 is 17.8 Å². The molecule has 0 aliphatic carbocycles. The van der Waals surface area contributed by atoms with Crippen LogP contribution in [0.5, 0.6) is 0 Å². The minimum absolute atomic E-state index is 0.157. The molecule has 1 aromatic carbocycles. The van der Waals surface area contributed by atoms with Gasteiger partial charge < -0.3 is 15.2 Å². The third-order valence-electron chi connectivity index (χ3n) is 4.07. The lowest BCUT2D eigenvalue weighted by atomic mass is 10.1. The third kappa shape index (κ3) is 3.85. The maximum Gasteiger partial charge on any atom is 0.322 e. The molecule has 25 heavy (non-hydrogen) atoms. The summed E-state index contributed by atoms with van der Waals surface area (Å²) in [5, 5.41) is 7.48. The van der Waals surface area contributed by atoms with E-state index >= 15 is 0 Å². The second kappa shape index (κ2) is 7.16. The van der Waals surface area contributed by atoms with Crippen molar-refractivity contribution in [2.24, 2.45) is 0 Å². The molecule has 1 saturated heterocycles. The first-order valence-corrected chi connectivity index (χ1v) is 8.01. The van der Waals surface area contributed by atoms with Gasteiger partial charge in [-0.25, -0.2) is 9.78 Å². The number of hydrogen-bond donors (Lipinski definition) is 3. The minimum atomic E-state index is -0.640. The van der Waals surface area contributed by atoms with Gasteiger partial charge in [0.05, 0.1) is 5.69 Å². The molecule has 8 heteroatoms. The van der Waals surface area contributed by atoms with Crippen molar-refractivity contribution in [1.82, 2.24) is 25.5 Å². The van der Waals surface area contributed by atoms with Gasteiger partial charge in [0, 0.05) is 25.4 Å². The van der Waals surface area contributed by atoms with Gasteiger partial charge in [-0.1, -0.05) is 18.2 Å². The average molecular weight is 341 g/mol. The van der Waals surface area contributed by atoms with Gasteiger partial charge in [-0.05, 0) is 25.0 Å². The quantitative estimate of drug-likeness (QED) is 0.675. The van der Waals surface area contributed by atoms with Crippen LogP contribution >= 0.6 is 0 Å². The number of nitrogens with one attached hydrogen (secondary N) is 3.